The normalized spacial score (nSPS) is 19.5. The summed E-state index contributed by atoms with van der Waals surface area (Å²) in [6.07, 6.45) is 41.6. The van der Waals surface area contributed by atoms with E-state index in [2.05, 4.69) is 336 Å². The SMILES string of the molecule is Cc1cc(-c2c(C)ccc3c2OC(C)(C)CC32CCCCC2)[n+](C)cc1-c1ccccc1.Cc1cc(-c2c(C)ccc3c2OC2(CCCCC2)CC3(C)C)[n+](C)cc1-c1ccccc1.Cc1cc(-c2c(C)ccc3c2OC2(CCCCC2)CC32CCCC2)[n+](C)cc1-c1ccccc1.[2H]C1([2H])CC2(CCCCC2)Oc2c1ccc(C)c2-c1cc(C)c(-c2ccccc2)c[n+]1C. The highest BCUT2D eigenvalue weighted by molar-refractivity contribution is 5.80. The van der Waals surface area contributed by atoms with Crippen LogP contribution >= 0.6 is 0 Å². The molecular formula is C120H142N4O4+4. The molecule has 0 bridgehead atoms. The summed E-state index contributed by atoms with van der Waals surface area (Å²) in [7, 11) is 8.62. The molecule has 0 N–H and O–H groups in total. The summed E-state index contributed by atoms with van der Waals surface area (Å²) >= 11 is 0. The molecular weight excluding hydrogens is 1560 g/mol. The van der Waals surface area contributed by atoms with Crippen molar-refractivity contribution in [1.29, 1.82) is 0 Å². The fourth-order valence-electron chi connectivity index (χ4n) is 25.0. The lowest BCUT2D eigenvalue weighted by Crippen LogP contribution is -2.48. The fourth-order valence-corrected chi connectivity index (χ4v) is 25.0. The first-order chi connectivity index (χ1) is 62.4. The van der Waals surface area contributed by atoms with Crippen LogP contribution in [0.1, 0.15) is 277 Å². The minimum absolute atomic E-state index is 0.00507. The standard InChI is InChI=1S/C32H38NO.2C30H36NO.C28H32NO/c1-23-14-15-27-30(34-32(18-8-5-9-19-32)22-31(27)16-10-11-17-31)29(23)28-20-24(2)26(21-33(28)3)25-12-6-4-7-13-25;1-21-14-15-25-28(32-29(3,4)20-30(25)16-10-7-11-17-30)27(21)26-18-22(2)24(19-31(26)5)23-12-8-6-9-13-23;1-21-14-15-25-28(32-30(20-29(25,3)4)16-10-7-11-17-30)27(21)26-18-22(2)24(19-31(26)5)23-12-8-6-9-13-23;1-20-12-13-23-14-17-28(15-8-5-9-16-28)30-27(23)26(20)25-18-21(2)24(19-29(25)3)22-10-6-4-7-11-22/h4,6-7,12-15,20-21H,5,8-11,16-19,22H2,1-3H3;2*6,8-9,12-15,18-19H,7,10-11,16-17,20H2,1-5H3;4,6-7,10-13,18-19H,5,8-9,14-17H2,1-3H3/q4*+1/i;;;14D2. The van der Waals surface area contributed by atoms with Crippen molar-refractivity contribution in [2.45, 2.75) is 308 Å². The van der Waals surface area contributed by atoms with E-state index in [4.69, 9.17) is 21.7 Å². The van der Waals surface area contributed by atoms with Gasteiger partial charge < -0.3 is 18.9 Å². The average Bonchev–Trinajstić information content (AvgIpc) is 1.44. The summed E-state index contributed by atoms with van der Waals surface area (Å²) in [4.78, 5) is 0. The van der Waals surface area contributed by atoms with Gasteiger partial charge in [0.05, 0.1) is 22.3 Å². The van der Waals surface area contributed by atoms with Crippen LogP contribution in [-0.4, -0.2) is 22.4 Å². The number of aromatic nitrogens is 4. The highest BCUT2D eigenvalue weighted by Crippen LogP contribution is 2.61. The predicted octanol–water partition coefficient (Wildman–Crippen LogP) is 28.7. The van der Waals surface area contributed by atoms with Crippen molar-refractivity contribution in [2.75, 3.05) is 0 Å². The highest BCUT2D eigenvalue weighted by atomic mass is 16.5. The minimum atomic E-state index is -1.38. The van der Waals surface area contributed by atoms with Crippen molar-refractivity contribution in [1.82, 2.24) is 0 Å². The Bertz CT molecular complexity index is 6010. The Kier molecular flexibility index (Phi) is 23.9. The van der Waals surface area contributed by atoms with Crippen LogP contribution in [-0.2, 0) is 50.8 Å². The second-order valence-corrected chi connectivity index (χ2v) is 42.0. The first-order valence-electron chi connectivity index (χ1n) is 50.0. The molecule has 0 atom stereocenters. The third-order valence-electron chi connectivity index (χ3n) is 31.4. The van der Waals surface area contributed by atoms with Crippen molar-refractivity contribution >= 4 is 0 Å². The van der Waals surface area contributed by atoms with Crippen LogP contribution < -0.4 is 37.2 Å². The molecule has 0 amide bonds. The van der Waals surface area contributed by atoms with Crippen LogP contribution in [0.4, 0.5) is 0 Å². The summed E-state index contributed by atoms with van der Waals surface area (Å²) in [5.74, 6) is 4.22. The maximum atomic E-state index is 8.92. The van der Waals surface area contributed by atoms with E-state index >= 15 is 0 Å². The van der Waals surface area contributed by atoms with Crippen LogP contribution in [0.15, 0.2) is 219 Å². The number of ether oxygens (including phenoxy) is 4. The van der Waals surface area contributed by atoms with E-state index in [0.29, 0.717) is 17.4 Å². The maximum absolute atomic E-state index is 8.92. The molecule has 8 heterocycles. The zero-order valence-electron chi connectivity index (χ0n) is 82.0. The van der Waals surface area contributed by atoms with Gasteiger partial charge in [-0.2, -0.15) is 0 Å². The Labute approximate surface area is 769 Å². The summed E-state index contributed by atoms with van der Waals surface area (Å²) < 4.78 is 54.8. The molecule has 12 aromatic rings. The maximum Gasteiger partial charge on any atom is 0.216 e. The second-order valence-electron chi connectivity index (χ2n) is 42.0. The number of fused-ring (bicyclic) bond motifs is 6. The van der Waals surface area contributed by atoms with Crippen LogP contribution in [0.3, 0.4) is 0 Å². The van der Waals surface area contributed by atoms with E-state index in [1.54, 1.807) is 0 Å². The minimum Gasteiger partial charge on any atom is -0.487 e. The molecule has 0 radical (unpaired) electrons. The molecule has 8 heteroatoms. The quantitative estimate of drug-likeness (QED) is 0.142. The Hall–Kier alpha value is -10.4. The molecule has 5 aliphatic carbocycles. The Balaban J connectivity index is 0.000000117. The van der Waals surface area contributed by atoms with Crippen molar-refractivity contribution in [3.63, 3.8) is 0 Å². The van der Waals surface area contributed by atoms with E-state index in [1.807, 2.05) is 12.1 Å². The lowest BCUT2D eigenvalue weighted by atomic mass is 9.62. The van der Waals surface area contributed by atoms with E-state index in [0.717, 1.165) is 72.6 Å². The number of nitrogens with zero attached hydrogens (tertiary/aromatic N) is 4. The van der Waals surface area contributed by atoms with Gasteiger partial charge in [0.2, 0.25) is 22.8 Å². The van der Waals surface area contributed by atoms with Crippen molar-refractivity contribution < 1.29 is 40.0 Å². The first kappa shape index (κ1) is 85.6. The molecule has 4 aliphatic heterocycles. The van der Waals surface area contributed by atoms with E-state index in [-0.39, 0.29) is 33.2 Å². The third kappa shape index (κ3) is 17.2. The summed E-state index contributed by atoms with van der Waals surface area (Å²) in [5.41, 5.74) is 35.1. The summed E-state index contributed by atoms with van der Waals surface area (Å²) in [5, 5.41) is 0. The molecule has 8 aromatic carbocycles. The van der Waals surface area contributed by atoms with Crippen molar-refractivity contribution in [2.24, 2.45) is 28.2 Å². The number of hydrogen-bond donors (Lipinski definition) is 0. The monoisotopic (exact) mass is 1710 g/mol. The Morgan fingerprint density at radius 1 is 0.266 bits per heavy atom. The van der Waals surface area contributed by atoms with Gasteiger partial charge in [0, 0.05) is 76.8 Å². The molecule has 9 aliphatic rings. The number of benzene rings is 8. The third-order valence-corrected chi connectivity index (χ3v) is 31.4. The number of rotatable bonds is 8. The van der Waals surface area contributed by atoms with Crippen molar-refractivity contribution in [3.8, 4) is 113 Å². The Morgan fingerprint density at radius 3 is 0.914 bits per heavy atom. The molecule has 4 aromatic heterocycles. The average molecular weight is 1710 g/mol. The molecule has 5 fully saturated rings. The molecule has 128 heavy (non-hydrogen) atoms. The van der Waals surface area contributed by atoms with Crippen LogP contribution in [0.5, 0.6) is 23.0 Å². The molecule has 0 saturated heterocycles. The van der Waals surface area contributed by atoms with E-state index < -0.39 is 6.37 Å². The van der Waals surface area contributed by atoms with Gasteiger partial charge in [-0.15, -0.1) is 0 Å². The zero-order valence-corrected chi connectivity index (χ0v) is 80.0. The lowest BCUT2D eigenvalue weighted by Gasteiger charge is -2.50. The predicted molar refractivity (Wildman–Crippen MR) is 526 cm³/mol. The number of pyridine rings is 4. The highest BCUT2D eigenvalue weighted by Gasteiger charge is 2.54. The zero-order chi connectivity index (χ0) is 90.9. The number of hydrogen-bond acceptors (Lipinski definition) is 4. The van der Waals surface area contributed by atoms with Gasteiger partial charge in [-0.3, -0.25) is 0 Å². The molecule has 21 rings (SSSR count). The van der Waals surface area contributed by atoms with Gasteiger partial charge in [0.25, 0.3) is 0 Å². The molecule has 5 spiro atoms. The Morgan fingerprint density at radius 2 is 0.547 bits per heavy atom. The fraction of sp³-hybridized carbons (Fsp3) is 0.433. The molecule has 0 unspecified atom stereocenters. The molecule has 5 saturated carbocycles. The van der Waals surface area contributed by atoms with E-state index in [1.165, 1.54) is 275 Å². The van der Waals surface area contributed by atoms with Gasteiger partial charge in [0.1, 0.15) is 73.6 Å². The van der Waals surface area contributed by atoms with Gasteiger partial charge >= 0.3 is 0 Å². The first-order valence-corrected chi connectivity index (χ1v) is 49.0. The number of aryl methyl sites for hydroxylation is 13. The van der Waals surface area contributed by atoms with Gasteiger partial charge in [-0.25, -0.2) is 18.3 Å². The topological polar surface area (TPSA) is 52.4 Å². The van der Waals surface area contributed by atoms with Crippen LogP contribution in [0.2, 0.25) is 0 Å². The lowest BCUT2D eigenvalue weighted by molar-refractivity contribution is -0.660. The van der Waals surface area contributed by atoms with Gasteiger partial charge in [0.15, 0.2) is 24.8 Å². The van der Waals surface area contributed by atoms with Crippen LogP contribution in [0.25, 0.3) is 89.5 Å². The van der Waals surface area contributed by atoms with Gasteiger partial charge in [-0.1, -0.05) is 235 Å². The summed E-state index contributed by atoms with van der Waals surface area (Å²) in [6.45, 7) is 27.1. The van der Waals surface area contributed by atoms with E-state index in [9.17, 15) is 0 Å². The molecule has 662 valence electrons. The van der Waals surface area contributed by atoms with Crippen LogP contribution in [0, 0.1) is 55.4 Å². The van der Waals surface area contributed by atoms with Gasteiger partial charge in [-0.05, 0) is 282 Å². The molecule has 8 nitrogen and oxygen atoms in total. The smallest absolute Gasteiger partial charge is 0.216 e. The van der Waals surface area contributed by atoms with Crippen molar-refractivity contribution in [3.05, 3.63) is 286 Å². The second kappa shape index (κ2) is 35.8. The largest absolute Gasteiger partial charge is 0.487 e. The summed E-state index contributed by atoms with van der Waals surface area (Å²) in [6, 6.07) is 70.0.